The fraction of sp³-hybridized carbons (Fsp3) is 0.636. The number of fused-ring (bicyclic) bond motifs is 3. The van der Waals surface area contributed by atoms with E-state index in [0.717, 1.165) is 54.4 Å². The van der Waals surface area contributed by atoms with Crippen molar-refractivity contribution in [1.82, 2.24) is 5.32 Å². The van der Waals surface area contributed by atoms with Crippen molar-refractivity contribution in [2.45, 2.75) is 122 Å². The van der Waals surface area contributed by atoms with Crippen molar-refractivity contribution in [1.29, 1.82) is 0 Å². The molecule has 1 aliphatic rings. The third kappa shape index (κ3) is 7.39. The maximum Gasteiger partial charge on any atom is 0.359 e. The third-order valence-electron chi connectivity index (χ3n) is 7.92. The molecule has 0 bridgehead atoms. The molecule has 1 aliphatic carbocycles. The first-order valence-electron chi connectivity index (χ1n) is 15.4. The van der Waals surface area contributed by atoms with Crippen LogP contribution in [0.4, 0.5) is 0 Å². The Hall–Kier alpha value is -1.45. The molecule has 38 heavy (non-hydrogen) atoms. The molecule has 0 heterocycles. The molecule has 0 saturated carbocycles. The highest BCUT2D eigenvalue weighted by molar-refractivity contribution is 7.55. The predicted molar refractivity (Wildman–Crippen MR) is 162 cm³/mol. The van der Waals surface area contributed by atoms with E-state index >= 15 is 4.57 Å². The minimum absolute atomic E-state index is 0.137. The first kappa shape index (κ1) is 31.1. The van der Waals surface area contributed by atoms with Gasteiger partial charge in [-0.3, -0.25) is 9.88 Å². The summed E-state index contributed by atoms with van der Waals surface area (Å²) in [4.78, 5) is 0. The van der Waals surface area contributed by atoms with E-state index in [4.69, 9.17) is 9.05 Å². The summed E-state index contributed by atoms with van der Waals surface area (Å²) in [6.07, 6.45) is 14.8. The van der Waals surface area contributed by atoms with Gasteiger partial charge in [0.05, 0.1) is 13.2 Å². The van der Waals surface area contributed by atoms with Gasteiger partial charge in [-0.05, 0) is 48.4 Å². The van der Waals surface area contributed by atoms with Crippen LogP contribution in [0.2, 0.25) is 0 Å². The van der Waals surface area contributed by atoms with E-state index in [1.807, 2.05) is 12.1 Å². The number of hydrogen-bond donors (Lipinski definition) is 1. The number of hydrogen-bond acceptors (Lipinski definition) is 4. The third-order valence-corrected chi connectivity index (χ3v) is 10.4. The molecule has 0 aliphatic heterocycles. The number of benzene rings is 2. The lowest BCUT2D eigenvalue weighted by molar-refractivity contribution is 0.172. The molecule has 1 N–H and O–H groups in total. The van der Waals surface area contributed by atoms with Crippen LogP contribution >= 0.6 is 7.60 Å². The van der Waals surface area contributed by atoms with Crippen molar-refractivity contribution in [3.8, 4) is 11.1 Å². The normalized spacial score (nSPS) is 14.8. The van der Waals surface area contributed by atoms with E-state index < -0.39 is 12.9 Å². The van der Waals surface area contributed by atoms with Crippen molar-refractivity contribution in [3.63, 3.8) is 0 Å². The molecule has 2 aromatic rings. The van der Waals surface area contributed by atoms with Crippen molar-refractivity contribution in [3.05, 3.63) is 59.7 Å². The molecule has 212 valence electrons. The Bertz CT molecular complexity index is 940. The average Bonchev–Trinajstić information content (AvgIpc) is 3.23. The van der Waals surface area contributed by atoms with E-state index in [1.165, 1.54) is 51.4 Å². The first-order valence-corrected chi connectivity index (χ1v) is 16.9. The fourth-order valence-electron chi connectivity index (χ4n) is 5.57. The lowest BCUT2D eigenvalue weighted by atomic mass is 10.0. The Morgan fingerprint density at radius 3 is 1.55 bits per heavy atom. The summed E-state index contributed by atoms with van der Waals surface area (Å²) < 4.78 is 28.3. The van der Waals surface area contributed by atoms with Gasteiger partial charge in [0.15, 0.2) is 5.28 Å². The summed E-state index contributed by atoms with van der Waals surface area (Å²) in [6, 6.07) is 16.9. The van der Waals surface area contributed by atoms with Crippen LogP contribution in [-0.4, -0.2) is 19.3 Å². The Morgan fingerprint density at radius 1 is 0.684 bits per heavy atom. The molecule has 0 spiro atoms. The average molecular weight is 542 g/mol. The van der Waals surface area contributed by atoms with Crippen LogP contribution in [0, 0.1) is 0 Å². The highest BCUT2D eigenvalue weighted by Gasteiger charge is 2.59. The standard InChI is InChI=1S/C33H52NO3P/c1-5-8-10-12-14-20-26-36-38(35,37-27-21-15-13-11-9-6-2)33(34-28(4)7-3)31-24-18-16-22-29(31)30-23-17-19-25-32(30)33/h16-19,22-25,28,34H,5-15,20-21,26-27H2,1-4H3. The molecule has 0 fully saturated rings. The zero-order valence-corrected chi connectivity index (χ0v) is 25.4. The summed E-state index contributed by atoms with van der Waals surface area (Å²) in [7, 11) is -3.66. The van der Waals surface area contributed by atoms with Crippen LogP contribution in [0.1, 0.15) is 122 Å². The van der Waals surface area contributed by atoms with E-state index in [-0.39, 0.29) is 6.04 Å². The van der Waals surface area contributed by atoms with E-state index in [0.29, 0.717) is 13.2 Å². The summed E-state index contributed by atoms with van der Waals surface area (Å²) >= 11 is 0. The largest absolute Gasteiger partial charge is 0.359 e. The quantitative estimate of drug-likeness (QED) is 0.134. The van der Waals surface area contributed by atoms with Crippen LogP contribution in [0.25, 0.3) is 11.1 Å². The van der Waals surface area contributed by atoms with Gasteiger partial charge in [-0.1, -0.05) is 134 Å². The molecule has 0 saturated heterocycles. The first-order chi connectivity index (χ1) is 18.5. The molecule has 3 rings (SSSR count). The predicted octanol–water partition coefficient (Wildman–Crippen LogP) is 10.2. The van der Waals surface area contributed by atoms with E-state index in [2.05, 4.69) is 69.4 Å². The number of nitrogens with one attached hydrogen (secondary N) is 1. The molecule has 0 aromatic heterocycles. The highest BCUT2D eigenvalue weighted by Crippen LogP contribution is 2.71. The molecule has 0 radical (unpaired) electrons. The minimum atomic E-state index is -3.66. The van der Waals surface area contributed by atoms with Gasteiger partial charge in [-0.2, -0.15) is 0 Å². The molecule has 0 amide bonds. The summed E-state index contributed by atoms with van der Waals surface area (Å²) in [5, 5.41) is 2.81. The molecule has 2 aromatic carbocycles. The zero-order chi connectivity index (χ0) is 27.3. The molecular formula is C33H52NO3P. The van der Waals surface area contributed by atoms with Gasteiger partial charge in [-0.25, -0.2) is 0 Å². The number of rotatable bonds is 20. The zero-order valence-electron chi connectivity index (χ0n) is 24.5. The Morgan fingerprint density at radius 2 is 1.11 bits per heavy atom. The Kier molecular flexibility index (Phi) is 13.1. The fourth-order valence-corrected chi connectivity index (χ4v) is 8.12. The van der Waals surface area contributed by atoms with Gasteiger partial charge in [-0.15, -0.1) is 0 Å². The van der Waals surface area contributed by atoms with Crippen molar-refractivity contribution >= 4 is 7.60 Å². The van der Waals surface area contributed by atoms with Gasteiger partial charge in [0, 0.05) is 6.04 Å². The SMILES string of the molecule is CCCCCCCCOP(=O)(OCCCCCCCC)C1(NC(C)CC)c2ccccc2-c2ccccc21. The number of unbranched alkanes of at least 4 members (excludes halogenated alkanes) is 10. The van der Waals surface area contributed by atoms with Crippen molar-refractivity contribution in [2.24, 2.45) is 0 Å². The van der Waals surface area contributed by atoms with Crippen LogP contribution < -0.4 is 5.32 Å². The molecule has 1 unspecified atom stereocenters. The van der Waals surface area contributed by atoms with E-state index in [9.17, 15) is 0 Å². The van der Waals surface area contributed by atoms with E-state index in [1.54, 1.807) is 0 Å². The van der Waals surface area contributed by atoms with Gasteiger partial charge in [0.25, 0.3) is 0 Å². The monoisotopic (exact) mass is 541 g/mol. The lowest BCUT2D eigenvalue weighted by Gasteiger charge is -2.40. The van der Waals surface area contributed by atoms with Gasteiger partial charge >= 0.3 is 7.60 Å². The van der Waals surface area contributed by atoms with Crippen LogP contribution in [0.15, 0.2) is 48.5 Å². The second kappa shape index (κ2) is 16.0. The second-order valence-corrected chi connectivity index (χ2v) is 13.1. The maximum atomic E-state index is 15.3. The van der Waals surface area contributed by atoms with Crippen LogP contribution in [0.3, 0.4) is 0 Å². The second-order valence-electron chi connectivity index (χ2n) is 11.0. The molecule has 5 heteroatoms. The molecular weight excluding hydrogens is 489 g/mol. The summed E-state index contributed by atoms with van der Waals surface area (Å²) in [6.45, 7) is 9.71. The van der Waals surface area contributed by atoms with Crippen LogP contribution in [-0.2, 0) is 18.9 Å². The summed E-state index contributed by atoms with van der Waals surface area (Å²) in [5.41, 5.74) is 4.25. The van der Waals surface area contributed by atoms with Gasteiger partial charge < -0.3 is 9.05 Å². The van der Waals surface area contributed by atoms with Crippen molar-refractivity contribution in [2.75, 3.05) is 13.2 Å². The van der Waals surface area contributed by atoms with Crippen molar-refractivity contribution < 1.29 is 13.6 Å². The minimum Gasteiger partial charge on any atom is -0.307 e. The topological polar surface area (TPSA) is 47.6 Å². The Balaban J connectivity index is 1.92. The van der Waals surface area contributed by atoms with Gasteiger partial charge in [0.2, 0.25) is 0 Å². The molecule has 4 nitrogen and oxygen atoms in total. The van der Waals surface area contributed by atoms with Gasteiger partial charge in [0.1, 0.15) is 0 Å². The maximum absolute atomic E-state index is 15.3. The highest BCUT2D eigenvalue weighted by atomic mass is 31.2. The molecule has 1 atom stereocenters. The smallest absolute Gasteiger partial charge is 0.307 e. The summed E-state index contributed by atoms with van der Waals surface area (Å²) in [5.74, 6) is 0. The lowest BCUT2D eigenvalue weighted by Crippen LogP contribution is -2.47. The van der Waals surface area contributed by atoms with Crippen LogP contribution in [0.5, 0.6) is 0 Å². The Labute approximate surface area is 232 Å².